The van der Waals surface area contributed by atoms with Crippen molar-refractivity contribution in [3.63, 3.8) is 0 Å². The molecule has 1 unspecified atom stereocenters. The number of anilines is 1. The van der Waals surface area contributed by atoms with Crippen LogP contribution in [-0.2, 0) is 12.3 Å². The van der Waals surface area contributed by atoms with Crippen molar-refractivity contribution in [2.75, 3.05) is 4.90 Å². The summed E-state index contributed by atoms with van der Waals surface area (Å²) < 4.78 is 19.8. The Morgan fingerprint density at radius 1 is 1.25 bits per heavy atom. The second-order valence-corrected chi connectivity index (χ2v) is 6.61. The number of benzene rings is 2. The Balaban J connectivity index is 2.14. The van der Waals surface area contributed by atoms with Crippen molar-refractivity contribution in [3.05, 3.63) is 71.2 Å². The molecule has 0 fully saturated rings. The van der Waals surface area contributed by atoms with Gasteiger partial charge in [0.2, 0.25) is 0 Å². The fourth-order valence-electron chi connectivity index (χ4n) is 3.14. The first-order chi connectivity index (χ1) is 13.5. The van der Waals surface area contributed by atoms with E-state index in [0.29, 0.717) is 35.0 Å². The van der Waals surface area contributed by atoms with Crippen LogP contribution in [0.1, 0.15) is 36.7 Å². The number of halogens is 2. The quantitative estimate of drug-likeness (QED) is 0.511. The van der Waals surface area contributed by atoms with Crippen LogP contribution < -0.4 is 4.90 Å². The van der Waals surface area contributed by atoms with Gasteiger partial charge in [-0.2, -0.15) is 0 Å². The molecule has 146 valence electrons. The van der Waals surface area contributed by atoms with Gasteiger partial charge in [-0.1, -0.05) is 54.5 Å². The highest BCUT2D eigenvalue weighted by molar-refractivity contribution is 6.17. The zero-order valence-corrected chi connectivity index (χ0v) is 16.3. The molecular weight excluding hydrogens is 383 g/mol. The van der Waals surface area contributed by atoms with Crippen molar-refractivity contribution in [2.24, 2.45) is 0 Å². The van der Waals surface area contributed by atoms with Gasteiger partial charge in [0, 0.05) is 17.0 Å². The highest BCUT2D eigenvalue weighted by Gasteiger charge is 2.32. The maximum Gasteiger partial charge on any atom is 0.412 e. The summed E-state index contributed by atoms with van der Waals surface area (Å²) in [5.41, 5.74) is 2.68. The molecule has 2 aromatic carbocycles. The van der Waals surface area contributed by atoms with E-state index >= 15 is 0 Å². The third-order valence-electron chi connectivity index (χ3n) is 4.63. The van der Waals surface area contributed by atoms with Crippen LogP contribution in [0.4, 0.5) is 14.9 Å². The van der Waals surface area contributed by atoms with Crippen molar-refractivity contribution in [2.45, 2.75) is 32.2 Å². The normalized spacial score (nSPS) is 12.0. The molecule has 0 saturated carbocycles. The Morgan fingerprint density at radius 3 is 2.50 bits per heavy atom. The second kappa shape index (κ2) is 8.44. The standard InChI is InChI=1S/C21H20ClFN2O3/c1-3-18-19(20(28-24-18)15-10-8-14(12-22)9-11-15)25(21(26)27)13(2)16-6-4-5-7-17(16)23/h4-11,13H,3,12H2,1-2H3,(H,26,27). The van der Waals surface area contributed by atoms with E-state index in [4.69, 9.17) is 16.1 Å². The molecule has 1 N–H and O–H groups in total. The molecule has 1 atom stereocenters. The van der Waals surface area contributed by atoms with Gasteiger partial charge in [0.1, 0.15) is 17.2 Å². The smallest absolute Gasteiger partial charge is 0.412 e. The van der Waals surface area contributed by atoms with Crippen molar-refractivity contribution in [1.82, 2.24) is 5.16 Å². The maximum atomic E-state index is 14.3. The molecule has 0 saturated heterocycles. The van der Waals surface area contributed by atoms with Crippen LogP contribution in [0.15, 0.2) is 53.1 Å². The summed E-state index contributed by atoms with van der Waals surface area (Å²) in [6.07, 6.45) is -0.751. The number of carboxylic acid groups (broad SMARTS) is 1. The minimum atomic E-state index is -1.22. The Morgan fingerprint density at radius 2 is 1.93 bits per heavy atom. The van der Waals surface area contributed by atoms with Gasteiger partial charge in [-0.15, -0.1) is 11.6 Å². The van der Waals surface area contributed by atoms with Crippen LogP contribution in [0.3, 0.4) is 0 Å². The molecule has 1 aromatic heterocycles. The van der Waals surface area contributed by atoms with E-state index in [0.717, 1.165) is 10.5 Å². The van der Waals surface area contributed by atoms with E-state index < -0.39 is 18.0 Å². The van der Waals surface area contributed by atoms with E-state index in [1.807, 2.05) is 19.1 Å². The molecule has 3 rings (SSSR count). The lowest BCUT2D eigenvalue weighted by Gasteiger charge is -2.27. The molecular formula is C21H20ClFN2O3. The molecule has 0 bridgehead atoms. The largest absolute Gasteiger partial charge is 0.465 e. The number of amides is 1. The summed E-state index contributed by atoms with van der Waals surface area (Å²) in [5, 5.41) is 14.0. The van der Waals surface area contributed by atoms with E-state index in [9.17, 15) is 14.3 Å². The summed E-state index contributed by atoms with van der Waals surface area (Å²) >= 11 is 5.84. The average molecular weight is 403 g/mol. The molecule has 28 heavy (non-hydrogen) atoms. The fraction of sp³-hybridized carbons (Fsp3) is 0.238. The number of hydrogen-bond donors (Lipinski definition) is 1. The van der Waals surface area contributed by atoms with Crippen LogP contribution in [0, 0.1) is 5.82 Å². The van der Waals surface area contributed by atoms with Crippen LogP contribution in [0.25, 0.3) is 11.3 Å². The van der Waals surface area contributed by atoms with Gasteiger partial charge >= 0.3 is 6.09 Å². The number of hydrogen-bond acceptors (Lipinski definition) is 3. The van der Waals surface area contributed by atoms with Crippen molar-refractivity contribution in [3.8, 4) is 11.3 Å². The van der Waals surface area contributed by atoms with E-state index in [2.05, 4.69) is 5.16 Å². The number of carbonyl (C=O) groups is 1. The topological polar surface area (TPSA) is 66.6 Å². The summed E-state index contributed by atoms with van der Waals surface area (Å²) in [6, 6.07) is 12.6. The Kier molecular flexibility index (Phi) is 5.99. The monoisotopic (exact) mass is 402 g/mol. The van der Waals surface area contributed by atoms with E-state index in [1.165, 1.54) is 6.07 Å². The zero-order valence-electron chi connectivity index (χ0n) is 15.5. The average Bonchev–Trinajstić information content (AvgIpc) is 3.11. The SMILES string of the molecule is CCc1noc(-c2ccc(CCl)cc2)c1N(C(=O)O)C(C)c1ccccc1F. The Labute approximate surface area is 167 Å². The van der Waals surface area contributed by atoms with Gasteiger partial charge in [-0.3, -0.25) is 4.90 Å². The predicted molar refractivity (Wildman–Crippen MR) is 106 cm³/mol. The Hall–Kier alpha value is -2.86. The van der Waals surface area contributed by atoms with E-state index in [-0.39, 0.29) is 5.56 Å². The lowest BCUT2D eigenvalue weighted by molar-refractivity contribution is 0.199. The van der Waals surface area contributed by atoms with Crippen molar-refractivity contribution >= 4 is 23.4 Å². The van der Waals surface area contributed by atoms with E-state index in [1.54, 1.807) is 37.3 Å². The van der Waals surface area contributed by atoms with Gasteiger partial charge in [0.25, 0.3) is 0 Å². The molecule has 1 amide bonds. The first-order valence-electron chi connectivity index (χ1n) is 8.88. The fourth-order valence-corrected chi connectivity index (χ4v) is 3.32. The lowest BCUT2D eigenvalue weighted by atomic mass is 10.0. The summed E-state index contributed by atoms with van der Waals surface area (Å²) in [7, 11) is 0. The molecule has 0 aliphatic carbocycles. The summed E-state index contributed by atoms with van der Waals surface area (Å²) in [4.78, 5) is 13.3. The number of alkyl halides is 1. The predicted octanol–water partition coefficient (Wildman–Crippen LogP) is 6.03. The third-order valence-corrected chi connectivity index (χ3v) is 4.94. The molecule has 0 spiro atoms. The molecule has 7 heteroatoms. The highest BCUT2D eigenvalue weighted by Crippen LogP contribution is 2.39. The van der Waals surface area contributed by atoms with Crippen LogP contribution >= 0.6 is 11.6 Å². The Bertz CT molecular complexity index is 972. The van der Waals surface area contributed by atoms with Crippen LogP contribution in [0.2, 0.25) is 0 Å². The van der Waals surface area contributed by atoms with Crippen molar-refractivity contribution < 1.29 is 18.8 Å². The molecule has 0 radical (unpaired) electrons. The minimum absolute atomic E-state index is 0.275. The van der Waals surface area contributed by atoms with Gasteiger partial charge < -0.3 is 9.63 Å². The molecule has 0 aliphatic heterocycles. The van der Waals surface area contributed by atoms with Gasteiger partial charge in [-0.25, -0.2) is 9.18 Å². The van der Waals surface area contributed by atoms with Crippen LogP contribution in [-0.4, -0.2) is 16.4 Å². The number of rotatable bonds is 6. The zero-order chi connectivity index (χ0) is 20.3. The first-order valence-corrected chi connectivity index (χ1v) is 9.41. The molecule has 3 aromatic rings. The molecule has 0 aliphatic rings. The third kappa shape index (κ3) is 3.73. The first kappa shape index (κ1) is 19.9. The van der Waals surface area contributed by atoms with Gasteiger partial charge in [0.05, 0.1) is 6.04 Å². The number of nitrogens with zero attached hydrogens (tertiary/aromatic N) is 2. The summed E-state index contributed by atoms with van der Waals surface area (Å²) in [6.45, 7) is 3.49. The molecule has 1 heterocycles. The second-order valence-electron chi connectivity index (χ2n) is 6.34. The maximum absolute atomic E-state index is 14.3. The van der Waals surface area contributed by atoms with Crippen molar-refractivity contribution in [1.29, 1.82) is 0 Å². The lowest BCUT2D eigenvalue weighted by Crippen LogP contribution is -2.33. The van der Waals surface area contributed by atoms with Gasteiger partial charge in [0.15, 0.2) is 5.76 Å². The number of aryl methyl sites for hydroxylation is 1. The van der Waals surface area contributed by atoms with Gasteiger partial charge in [-0.05, 0) is 25.0 Å². The highest BCUT2D eigenvalue weighted by atomic mass is 35.5. The number of aromatic nitrogens is 1. The van der Waals surface area contributed by atoms with Crippen LogP contribution in [0.5, 0.6) is 0 Å². The minimum Gasteiger partial charge on any atom is -0.465 e. The molecule has 5 nitrogen and oxygen atoms in total. The summed E-state index contributed by atoms with van der Waals surface area (Å²) in [5.74, 6) is 0.224.